The second-order valence-corrected chi connectivity index (χ2v) is 5.65. The van der Waals surface area contributed by atoms with Crippen LogP contribution in [-0.4, -0.2) is 23.6 Å². The van der Waals surface area contributed by atoms with Crippen molar-refractivity contribution < 1.29 is 5.11 Å². The van der Waals surface area contributed by atoms with E-state index in [0.29, 0.717) is 15.8 Å². The number of rotatable bonds is 7. The largest absolute Gasteiger partial charge is 0.382 e. The van der Waals surface area contributed by atoms with E-state index in [1.54, 1.807) is 6.07 Å². The summed E-state index contributed by atoms with van der Waals surface area (Å²) in [6.45, 7) is 3.81. The van der Waals surface area contributed by atoms with Crippen LogP contribution in [0.4, 0.5) is 0 Å². The lowest BCUT2D eigenvalue weighted by Crippen LogP contribution is -2.18. The van der Waals surface area contributed by atoms with Gasteiger partial charge in [-0.15, -0.1) is 11.8 Å². The van der Waals surface area contributed by atoms with Gasteiger partial charge in [-0.25, -0.2) is 0 Å². The van der Waals surface area contributed by atoms with E-state index >= 15 is 0 Å². The minimum atomic E-state index is -0.360. The van der Waals surface area contributed by atoms with Crippen LogP contribution < -0.4 is 5.32 Å². The molecule has 2 nitrogen and oxygen atoms in total. The molecule has 0 amide bonds. The fourth-order valence-corrected chi connectivity index (χ4v) is 2.77. The number of halogens is 2. The molecule has 0 radical (unpaired) electrons. The third kappa shape index (κ3) is 5.98. The zero-order valence-electron chi connectivity index (χ0n) is 9.75. The van der Waals surface area contributed by atoms with E-state index in [0.717, 1.165) is 25.1 Å². The van der Waals surface area contributed by atoms with Crippen molar-refractivity contribution in [2.45, 2.75) is 24.5 Å². The van der Waals surface area contributed by atoms with Crippen LogP contribution in [-0.2, 0) is 5.75 Å². The summed E-state index contributed by atoms with van der Waals surface area (Å²) in [5, 5.41) is 14.2. The predicted molar refractivity (Wildman–Crippen MR) is 76.9 cm³/mol. The number of thioether (sulfide) groups is 1. The minimum Gasteiger partial charge on any atom is -0.382 e. The van der Waals surface area contributed by atoms with Crippen LogP contribution in [0.25, 0.3) is 0 Å². The third-order valence-electron chi connectivity index (χ3n) is 2.26. The third-order valence-corrected chi connectivity index (χ3v) is 3.95. The van der Waals surface area contributed by atoms with Gasteiger partial charge < -0.3 is 10.4 Å². The Bertz CT molecular complexity index is 349. The SMILES string of the molecule is CCNCCC(O)SCc1ccc(Cl)cc1Cl. The van der Waals surface area contributed by atoms with Crippen LogP contribution in [0.2, 0.25) is 10.0 Å². The van der Waals surface area contributed by atoms with E-state index in [9.17, 15) is 5.11 Å². The molecule has 0 saturated carbocycles. The monoisotopic (exact) mass is 293 g/mol. The average molecular weight is 294 g/mol. The van der Waals surface area contributed by atoms with Crippen molar-refractivity contribution in [1.29, 1.82) is 0 Å². The second kappa shape index (κ2) is 8.22. The minimum absolute atomic E-state index is 0.360. The highest BCUT2D eigenvalue weighted by molar-refractivity contribution is 7.98. The molecule has 17 heavy (non-hydrogen) atoms. The molecule has 1 aromatic rings. The topological polar surface area (TPSA) is 32.3 Å². The standard InChI is InChI=1S/C12H17Cl2NOS/c1-2-15-6-5-12(16)17-8-9-3-4-10(13)7-11(9)14/h3-4,7,12,15-16H,2,5-6,8H2,1H3. The first-order valence-corrected chi connectivity index (χ1v) is 7.38. The van der Waals surface area contributed by atoms with Crippen molar-refractivity contribution in [2.75, 3.05) is 13.1 Å². The van der Waals surface area contributed by atoms with E-state index in [1.165, 1.54) is 11.8 Å². The summed E-state index contributed by atoms with van der Waals surface area (Å²) in [6.07, 6.45) is 0.740. The van der Waals surface area contributed by atoms with Gasteiger partial charge in [0, 0.05) is 15.8 Å². The first-order valence-electron chi connectivity index (χ1n) is 5.57. The zero-order chi connectivity index (χ0) is 12.7. The number of hydrogen-bond acceptors (Lipinski definition) is 3. The Morgan fingerprint density at radius 1 is 1.41 bits per heavy atom. The molecule has 0 aliphatic rings. The average Bonchev–Trinajstić information content (AvgIpc) is 2.28. The molecule has 96 valence electrons. The van der Waals surface area contributed by atoms with Crippen molar-refractivity contribution >= 4 is 35.0 Å². The smallest absolute Gasteiger partial charge is 0.101 e. The zero-order valence-corrected chi connectivity index (χ0v) is 12.1. The van der Waals surface area contributed by atoms with Crippen molar-refractivity contribution in [2.24, 2.45) is 0 Å². The Morgan fingerprint density at radius 3 is 2.82 bits per heavy atom. The second-order valence-electron chi connectivity index (χ2n) is 3.64. The molecule has 5 heteroatoms. The van der Waals surface area contributed by atoms with E-state index in [4.69, 9.17) is 23.2 Å². The summed E-state index contributed by atoms with van der Waals surface area (Å²) >= 11 is 13.4. The molecule has 0 aliphatic carbocycles. The molecular weight excluding hydrogens is 277 g/mol. The first kappa shape index (κ1) is 15.1. The maximum Gasteiger partial charge on any atom is 0.101 e. The van der Waals surface area contributed by atoms with Crippen molar-refractivity contribution in [3.63, 3.8) is 0 Å². The van der Waals surface area contributed by atoms with Gasteiger partial charge in [0.2, 0.25) is 0 Å². The van der Waals surface area contributed by atoms with Crippen LogP contribution in [0, 0.1) is 0 Å². The maximum atomic E-state index is 9.74. The summed E-state index contributed by atoms with van der Waals surface area (Å²) < 4.78 is 0. The Labute approximate surface area is 117 Å². The van der Waals surface area contributed by atoms with E-state index < -0.39 is 0 Å². The van der Waals surface area contributed by atoms with Crippen molar-refractivity contribution in [3.8, 4) is 0 Å². The molecule has 0 fully saturated rings. The Balaban J connectivity index is 2.34. The normalized spacial score (nSPS) is 12.7. The van der Waals surface area contributed by atoms with E-state index in [1.807, 2.05) is 19.1 Å². The summed E-state index contributed by atoms with van der Waals surface area (Å²) in [6, 6.07) is 5.44. The van der Waals surface area contributed by atoms with Crippen LogP contribution in [0.15, 0.2) is 18.2 Å². The molecule has 1 atom stereocenters. The summed E-state index contributed by atoms with van der Waals surface area (Å²) in [5.41, 5.74) is 0.643. The molecule has 1 aromatic carbocycles. The Morgan fingerprint density at radius 2 is 2.18 bits per heavy atom. The number of hydrogen-bond donors (Lipinski definition) is 2. The predicted octanol–water partition coefficient (Wildman–Crippen LogP) is 3.54. The van der Waals surface area contributed by atoms with Crippen molar-refractivity contribution in [1.82, 2.24) is 5.32 Å². The Hall–Kier alpha value is 0.0700. The van der Waals surface area contributed by atoms with Crippen LogP contribution in [0.3, 0.4) is 0 Å². The number of benzene rings is 1. The molecule has 0 aromatic heterocycles. The lowest BCUT2D eigenvalue weighted by molar-refractivity contribution is 0.251. The van der Waals surface area contributed by atoms with Crippen LogP contribution >= 0.6 is 35.0 Å². The molecular formula is C12H17Cl2NOS. The van der Waals surface area contributed by atoms with E-state index in [2.05, 4.69) is 5.32 Å². The van der Waals surface area contributed by atoms with Crippen molar-refractivity contribution in [3.05, 3.63) is 33.8 Å². The Kier molecular flexibility index (Phi) is 7.32. The van der Waals surface area contributed by atoms with Gasteiger partial charge in [-0.05, 0) is 37.2 Å². The quantitative estimate of drug-likeness (QED) is 0.596. The van der Waals surface area contributed by atoms with Crippen LogP contribution in [0.1, 0.15) is 18.9 Å². The van der Waals surface area contributed by atoms with Gasteiger partial charge in [-0.2, -0.15) is 0 Å². The van der Waals surface area contributed by atoms with Gasteiger partial charge in [0.05, 0.1) is 0 Å². The molecule has 0 bridgehead atoms. The summed E-state index contributed by atoms with van der Waals surface area (Å²) in [7, 11) is 0. The summed E-state index contributed by atoms with van der Waals surface area (Å²) in [5.74, 6) is 0.698. The lowest BCUT2D eigenvalue weighted by atomic mass is 10.2. The number of aliphatic hydroxyl groups is 1. The molecule has 1 unspecified atom stereocenters. The van der Waals surface area contributed by atoms with Crippen LogP contribution in [0.5, 0.6) is 0 Å². The first-order chi connectivity index (χ1) is 8.13. The molecule has 0 heterocycles. The van der Waals surface area contributed by atoms with Gasteiger partial charge >= 0.3 is 0 Å². The van der Waals surface area contributed by atoms with Gasteiger partial charge in [-0.1, -0.05) is 36.2 Å². The molecule has 0 spiro atoms. The highest BCUT2D eigenvalue weighted by atomic mass is 35.5. The molecule has 0 aliphatic heterocycles. The molecule has 2 N–H and O–H groups in total. The fraction of sp³-hybridized carbons (Fsp3) is 0.500. The summed E-state index contributed by atoms with van der Waals surface area (Å²) in [4.78, 5) is 0. The van der Waals surface area contributed by atoms with Gasteiger partial charge in [0.1, 0.15) is 5.44 Å². The van der Waals surface area contributed by atoms with Gasteiger partial charge in [0.15, 0.2) is 0 Å². The van der Waals surface area contributed by atoms with E-state index in [-0.39, 0.29) is 5.44 Å². The maximum absolute atomic E-state index is 9.74. The van der Waals surface area contributed by atoms with Gasteiger partial charge in [0.25, 0.3) is 0 Å². The molecule has 1 rings (SSSR count). The number of aliphatic hydroxyl groups excluding tert-OH is 1. The fourth-order valence-electron chi connectivity index (χ4n) is 1.31. The lowest BCUT2D eigenvalue weighted by Gasteiger charge is -2.11. The van der Waals surface area contributed by atoms with Gasteiger partial charge in [-0.3, -0.25) is 0 Å². The number of nitrogens with one attached hydrogen (secondary N) is 1. The highest BCUT2D eigenvalue weighted by Gasteiger charge is 2.07. The molecule has 0 saturated heterocycles. The highest BCUT2D eigenvalue weighted by Crippen LogP contribution is 2.26.